The molecule has 1 aromatic heterocycles. The van der Waals surface area contributed by atoms with Crippen molar-refractivity contribution in [3.05, 3.63) is 29.8 Å². The highest BCUT2D eigenvalue weighted by Crippen LogP contribution is 2.23. The highest BCUT2D eigenvalue weighted by Gasteiger charge is 2.36. The van der Waals surface area contributed by atoms with Crippen molar-refractivity contribution in [1.82, 2.24) is 9.88 Å². The standard InChI is InChI=1S/C13H17FN2O3/c1-18-8-9-5-10(19-2)7-16(9)13(17)11-3-4-15-6-12(11)14/h3-4,6,9-10H,5,7-8H2,1-2H3/t9-,10+/m0/s1. The summed E-state index contributed by atoms with van der Waals surface area (Å²) >= 11 is 0. The summed E-state index contributed by atoms with van der Waals surface area (Å²) in [7, 11) is 3.19. The van der Waals surface area contributed by atoms with Gasteiger partial charge < -0.3 is 14.4 Å². The van der Waals surface area contributed by atoms with E-state index in [4.69, 9.17) is 9.47 Å². The van der Waals surface area contributed by atoms with Crippen molar-refractivity contribution in [3.8, 4) is 0 Å². The fraction of sp³-hybridized carbons (Fsp3) is 0.538. The molecular formula is C13H17FN2O3. The molecule has 2 rings (SSSR count). The lowest BCUT2D eigenvalue weighted by Gasteiger charge is -2.23. The Kier molecular flexibility index (Phi) is 4.44. The predicted molar refractivity (Wildman–Crippen MR) is 66.3 cm³/mol. The number of amides is 1. The monoisotopic (exact) mass is 268 g/mol. The fourth-order valence-corrected chi connectivity index (χ4v) is 2.35. The summed E-state index contributed by atoms with van der Waals surface area (Å²) < 4.78 is 24.0. The molecule has 0 radical (unpaired) electrons. The highest BCUT2D eigenvalue weighted by molar-refractivity contribution is 5.94. The summed E-state index contributed by atoms with van der Waals surface area (Å²) in [6.45, 7) is 0.865. The minimum absolute atomic E-state index is 0.0333. The Hall–Kier alpha value is -1.53. The van der Waals surface area contributed by atoms with E-state index >= 15 is 0 Å². The van der Waals surface area contributed by atoms with Gasteiger partial charge in [0.05, 0.1) is 30.5 Å². The van der Waals surface area contributed by atoms with Crippen LogP contribution in [0, 0.1) is 5.82 Å². The molecule has 0 N–H and O–H groups in total. The first-order chi connectivity index (χ1) is 9.17. The smallest absolute Gasteiger partial charge is 0.257 e. The third-order valence-corrected chi connectivity index (χ3v) is 3.33. The van der Waals surface area contributed by atoms with Gasteiger partial charge in [0.25, 0.3) is 5.91 Å². The molecule has 1 amide bonds. The molecule has 6 heteroatoms. The molecule has 1 fully saturated rings. The zero-order valence-electron chi connectivity index (χ0n) is 11.0. The minimum atomic E-state index is -0.607. The SMILES string of the molecule is COC[C@@H]1C[C@@H](OC)CN1C(=O)c1ccncc1F. The van der Waals surface area contributed by atoms with Crippen molar-refractivity contribution >= 4 is 5.91 Å². The average Bonchev–Trinajstić information content (AvgIpc) is 2.82. The van der Waals surface area contributed by atoms with Gasteiger partial charge in [-0.25, -0.2) is 4.39 Å². The van der Waals surface area contributed by atoms with Crippen molar-refractivity contribution in [2.75, 3.05) is 27.4 Å². The van der Waals surface area contributed by atoms with E-state index in [9.17, 15) is 9.18 Å². The third kappa shape index (κ3) is 2.90. The number of carbonyl (C=O) groups is 1. The second-order valence-electron chi connectivity index (χ2n) is 4.52. The van der Waals surface area contributed by atoms with Gasteiger partial charge in [0.1, 0.15) is 0 Å². The van der Waals surface area contributed by atoms with Crippen LogP contribution in [0.4, 0.5) is 4.39 Å². The van der Waals surface area contributed by atoms with Crippen LogP contribution in [0.3, 0.4) is 0 Å². The number of carbonyl (C=O) groups excluding carboxylic acids is 1. The lowest BCUT2D eigenvalue weighted by Crippen LogP contribution is -2.38. The molecule has 19 heavy (non-hydrogen) atoms. The molecule has 1 saturated heterocycles. The normalized spacial score (nSPS) is 22.8. The molecule has 0 aliphatic carbocycles. The lowest BCUT2D eigenvalue weighted by atomic mass is 10.2. The van der Waals surface area contributed by atoms with E-state index in [1.165, 1.54) is 12.3 Å². The maximum absolute atomic E-state index is 13.6. The van der Waals surface area contributed by atoms with Crippen molar-refractivity contribution in [2.24, 2.45) is 0 Å². The van der Waals surface area contributed by atoms with Crippen LogP contribution in [0.1, 0.15) is 16.8 Å². The van der Waals surface area contributed by atoms with Crippen LogP contribution in [-0.4, -0.2) is 55.3 Å². The number of hydrogen-bond acceptors (Lipinski definition) is 4. The van der Waals surface area contributed by atoms with Crippen LogP contribution in [0.25, 0.3) is 0 Å². The molecule has 1 aliphatic rings. The zero-order valence-corrected chi connectivity index (χ0v) is 11.0. The first kappa shape index (κ1) is 13.9. The largest absolute Gasteiger partial charge is 0.383 e. The first-order valence-electron chi connectivity index (χ1n) is 6.09. The summed E-state index contributed by atoms with van der Waals surface area (Å²) in [5.74, 6) is -0.953. The maximum atomic E-state index is 13.6. The highest BCUT2D eigenvalue weighted by atomic mass is 19.1. The molecule has 0 aromatic carbocycles. The fourth-order valence-electron chi connectivity index (χ4n) is 2.35. The number of rotatable bonds is 4. The number of nitrogens with zero attached hydrogens (tertiary/aromatic N) is 2. The quantitative estimate of drug-likeness (QED) is 0.820. The van der Waals surface area contributed by atoms with Gasteiger partial charge in [0.15, 0.2) is 5.82 Å². The van der Waals surface area contributed by atoms with Crippen LogP contribution in [0.5, 0.6) is 0 Å². The number of likely N-dealkylation sites (tertiary alicyclic amines) is 1. The van der Waals surface area contributed by atoms with Crippen molar-refractivity contribution in [1.29, 1.82) is 0 Å². The van der Waals surface area contributed by atoms with Gasteiger partial charge >= 0.3 is 0 Å². The number of halogens is 1. The molecule has 2 atom stereocenters. The van der Waals surface area contributed by atoms with E-state index in [-0.39, 0.29) is 23.6 Å². The molecule has 104 valence electrons. The maximum Gasteiger partial charge on any atom is 0.257 e. The van der Waals surface area contributed by atoms with E-state index in [0.717, 1.165) is 6.20 Å². The number of ether oxygens (including phenoxy) is 2. The molecule has 0 bridgehead atoms. The topological polar surface area (TPSA) is 51.7 Å². The Morgan fingerprint density at radius 2 is 2.37 bits per heavy atom. The molecule has 2 heterocycles. The van der Waals surface area contributed by atoms with E-state index in [0.29, 0.717) is 19.6 Å². The molecule has 1 aliphatic heterocycles. The molecule has 0 unspecified atom stereocenters. The molecule has 5 nitrogen and oxygen atoms in total. The van der Waals surface area contributed by atoms with Gasteiger partial charge in [-0.1, -0.05) is 0 Å². The molecule has 1 aromatic rings. The van der Waals surface area contributed by atoms with Gasteiger partial charge in [0.2, 0.25) is 0 Å². The Balaban J connectivity index is 2.19. The van der Waals surface area contributed by atoms with E-state index in [2.05, 4.69) is 4.98 Å². The predicted octanol–water partition coefficient (Wildman–Crippen LogP) is 1.10. The Morgan fingerprint density at radius 3 is 3.00 bits per heavy atom. The van der Waals surface area contributed by atoms with E-state index in [1.54, 1.807) is 19.1 Å². The van der Waals surface area contributed by atoms with Gasteiger partial charge in [-0.05, 0) is 12.5 Å². The Labute approximate surface area is 111 Å². The average molecular weight is 268 g/mol. The summed E-state index contributed by atoms with van der Waals surface area (Å²) in [5.41, 5.74) is 0.0351. The van der Waals surface area contributed by atoms with Crippen LogP contribution >= 0.6 is 0 Å². The number of hydrogen-bond donors (Lipinski definition) is 0. The van der Waals surface area contributed by atoms with Crippen molar-refractivity contribution < 1.29 is 18.7 Å². The number of aromatic nitrogens is 1. The molecule has 0 saturated carbocycles. The number of pyridine rings is 1. The summed E-state index contributed by atoms with van der Waals surface area (Å²) in [4.78, 5) is 17.6. The second kappa shape index (κ2) is 6.08. The zero-order chi connectivity index (χ0) is 13.8. The Morgan fingerprint density at radius 1 is 1.58 bits per heavy atom. The lowest BCUT2D eigenvalue weighted by molar-refractivity contribution is 0.0607. The van der Waals surface area contributed by atoms with Crippen LogP contribution < -0.4 is 0 Å². The van der Waals surface area contributed by atoms with E-state index in [1.807, 2.05) is 0 Å². The minimum Gasteiger partial charge on any atom is -0.383 e. The van der Waals surface area contributed by atoms with Crippen LogP contribution in [0.15, 0.2) is 18.5 Å². The first-order valence-corrected chi connectivity index (χ1v) is 6.09. The van der Waals surface area contributed by atoms with Gasteiger partial charge in [-0.2, -0.15) is 0 Å². The summed E-state index contributed by atoms with van der Waals surface area (Å²) in [6.07, 6.45) is 3.12. The molecule has 0 spiro atoms. The third-order valence-electron chi connectivity index (χ3n) is 3.33. The van der Waals surface area contributed by atoms with Gasteiger partial charge in [-0.3, -0.25) is 9.78 Å². The van der Waals surface area contributed by atoms with Crippen molar-refractivity contribution in [2.45, 2.75) is 18.6 Å². The summed E-state index contributed by atoms with van der Waals surface area (Å²) in [6, 6.07) is 1.30. The van der Waals surface area contributed by atoms with Gasteiger partial charge in [0, 0.05) is 27.0 Å². The van der Waals surface area contributed by atoms with Crippen LogP contribution in [-0.2, 0) is 9.47 Å². The van der Waals surface area contributed by atoms with E-state index < -0.39 is 5.82 Å². The Bertz CT molecular complexity index is 455. The summed E-state index contributed by atoms with van der Waals surface area (Å²) in [5, 5.41) is 0. The second-order valence-corrected chi connectivity index (χ2v) is 4.52. The van der Waals surface area contributed by atoms with Crippen LogP contribution in [0.2, 0.25) is 0 Å². The van der Waals surface area contributed by atoms with Gasteiger partial charge in [-0.15, -0.1) is 0 Å². The molecular weight excluding hydrogens is 251 g/mol. The number of methoxy groups -OCH3 is 2. The van der Waals surface area contributed by atoms with Crippen molar-refractivity contribution in [3.63, 3.8) is 0 Å².